The van der Waals surface area contributed by atoms with Crippen LogP contribution in [-0.4, -0.2) is 43.8 Å². The van der Waals surface area contributed by atoms with Gasteiger partial charge in [0.1, 0.15) is 5.75 Å². The summed E-state index contributed by atoms with van der Waals surface area (Å²) in [6, 6.07) is 6.24. The summed E-state index contributed by atoms with van der Waals surface area (Å²) in [5.41, 5.74) is 0.512. The predicted molar refractivity (Wildman–Crippen MR) is 110 cm³/mol. The number of hydrogen-bond acceptors (Lipinski definition) is 3. The Morgan fingerprint density at radius 1 is 1.11 bits per heavy atom. The fourth-order valence-electron chi connectivity index (χ4n) is 1.90. The van der Waals surface area contributed by atoms with Crippen LogP contribution in [0, 0.1) is 0 Å². The summed E-state index contributed by atoms with van der Waals surface area (Å²) in [5, 5.41) is 8.73. The molecule has 0 radical (unpaired) electrons. The molecule has 1 aromatic rings. The van der Waals surface area contributed by atoms with E-state index in [4.69, 9.17) is 0 Å². The highest BCUT2D eigenvalue weighted by Gasteiger charge is 2.28. The van der Waals surface area contributed by atoms with Crippen LogP contribution in [0.2, 0.25) is 0 Å². The highest BCUT2D eigenvalue weighted by Crippen LogP contribution is 2.18. The molecule has 154 valence electrons. The van der Waals surface area contributed by atoms with Gasteiger partial charge in [0.15, 0.2) is 12.6 Å². The first kappa shape index (κ1) is 25.3. The Hall–Kier alpha value is -1.72. The second-order valence-electron chi connectivity index (χ2n) is 6.63. The van der Waals surface area contributed by atoms with Crippen molar-refractivity contribution in [2.75, 3.05) is 20.2 Å². The third-order valence-corrected chi connectivity index (χ3v) is 2.94. The van der Waals surface area contributed by atoms with E-state index in [1.165, 1.54) is 12.1 Å². The van der Waals surface area contributed by atoms with E-state index in [-0.39, 0.29) is 47.7 Å². The Kier molecular flexibility index (Phi) is 10.5. The number of nitrogens with one attached hydrogen (secondary N) is 3. The molecule has 0 aromatic heterocycles. The van der Waals surface area contributed by atoms with Gasteiger partial charge < -0.3 is 20.7 Å². The lowest BCUT2D eigenvalue weighted by Gasteiger charge is -2.21. The summed E-state index contributed by atoms with van der Waals surface area (Å²) in [5.74, 6) is 0.422. The van der Waals surface area contributed by atoms with Crippen LogP contribution >= 0.6 is 24.0 Å². The first-order valence-corrected chi connectivity index (χ1v) is 8.02. The molecule has 0 atom stereocenters. The number of rotatable bonds is 6. The fraction of sp³-hybridized carbons (Fsp3) is 0.529. The molecule has 0 aliphatic carbocycles. The molecule has 0 fully saturated rings. The van der Waals surface area contributed by atoms with Gasteiger partial charge in [0.2, 0.25) is 5.91 Å². The van der Waals surface area contributed by atoms with E-state index >= 15 is 0 Å². The lowest BCUT2D eigenvalue weighted by Crippen LogP contribution is -2.48. The topological polar surface area (TPSA) is 74.8 Å². The first-order valence-electron chi connectivity index (χ1n) is 8.02. The van der Waals surface area contributed by atoms with Gasteiger partial charge in [0, 0.05) is 19.1 Å². The lowest BCUT2D eigenvalue weighted by molar-refractivity contribution is -0.153. The minimum Gasteiger partial charge on any atom is -0.484 e. The van der Waals surface area contributed by atoms with Gasteiger partial charge in [-0.25, -0.2) is 0 Å². The molecule has 0 saturated carbocycles. The largest absolute Gasteiger partial charge is 0.484 e. The number of alkyl halides is 3. The maximum absolute atomic E-state index is 12.1. The quantitative estimate of drug-likeness (QED) is 0.318. The van der Waals surface area contributed by atoms with Crippen molar-refractivity contribution in [1.29, 1.82) is 0 Å². The molecule has 0 aliphatic rings. The number of hydrogen-bond donors (Lipinski definition) is 3. The van der Waals surface area contributed by atoms with Gasteiger partial charge in [-0.1, -0.05) is 12.1 Å². The third kappa shape index (κ3) is 12.3. The number of amides is 1. The molecule has 27 heavy (non-hydrogen) atoms. The first-order chi connectivity index (χ1) is 12.0. The van der Waals surface area contributed by atoms with Crippen LogP contribution in [0.4, 0.5) is 13.2 Å². The van der Waals surface area contributed by atoms with Crippen molar-refractivity contribution in [2.24, 2.45) is 4.99 Å². The van der Waals surface area contributed by atoms with E-state index in [9.17, 15) is 18.0 Å². The molecule has 0 spiro atoms. The summed E-state index contributed by atoms with van der Waals surface area (Å²) in [7, 11) is 1.57. The second-order valence-corrected chi connectivity index (χ2v) is 6.63. The molecule has 0 bridgehead atoms. The van der Waals surface area contributed by atoms with Gasteiger partial charge in [-0.3, -0.25) is 9.79 Å². The van der Waals surface area contributed by atoms with E-state index < -0.39 is 12.8 Å². The van der Waals surface area contributed by atoms with Gasteiger partial charge in [-0.2, -0.15) is 13.2 Å². The molecule has 0 saturated heterocycles. The Morgan fingerprint density at radius 2 is 1.70 bits per heavy atom. The van der Waals surface area contributed by atoms with Crippen LogP contribution in [0.3, 0.4) is 0 Å². The summed E-state index contributed by atoms with van der Waals surface area (Å²) in [4.78, 5) is 15.8. The van der Waals surface area contributed by atoms with Crippen molar-refractivity contribution < 1.29 is 22.7 Å². The van der Waals surface area contributed by atoms with E-state index in [1.54, 1.807) is 19.2 Å². The molecule has 6 nitrogen and oxygen atoms in total. The molecule has 3 N–H and O–H groups in total. The van der Waals surface area contributed by atoms with Crippen molar-refractivity contribution >= 4 is 35.8 Å². The lowest BCUT2D eigenvalue weighted by atomic mass is 10.1. The third-order valence-electron chi connectivity index (χ3n) is 2.94. The second kappa shape index (κ2) is 11.2. The molecule has 1 amide bonds. The Balaban J connectivity index is 0.00000676. The SMILES string of the molecule is CN=C(NCC(=O)NC(C)(C)C)NCc1ccc(OCC(F)(F)F)cc1.I. The number of nitrogens with zero attached hydrogens (tertiary/aromatic N) is 1. The zero-order valence-corrected chi connectivity index (χ0v) is 18.1. The van der Waals surface area contributed by atoms with Gasteiger partial charge in [0.25, 0.3) is 0 Å². The number of halogens is 4. The average Bonchev–Trinajstić information content (AvgIpc) is 2.51. The minimum absolute atomic E-state index is 0. The van der Waals surface area contributed by atoms with Gasteiger partial charge >= 0.3 is 6.18 Å². The van der Waals surface area contributed by atoms with Crippen molar-refractivity contribution in [2.45, 2.75) is 39.0 Å². The monoisotopic (exact) mass is 502 g/mol. The maximum Gasteiger partial charge on any atom is 0.422 e. The Labute approximate surface area is 174 Å². The highest BCUT2D eigenvalue weighted by atomic mass is 127. The Morgan fingerprint density at radius 3 is 2.19 bits per heavy atom. The summed E-state index contributed by atoms with van der Waals surface area (Å²) in [6.07, 6.45) is -4.36. The molecule has 0 unspecified atom stereocenters. The number of benzene rings is 1. The average molecular weight is 502 g/mol. The molecule has 0 aliphatic heterocycles. The van der Waals surface area contributed by atoms with E-state index in [1.807, 2.05) is 20.8 Å². The summed E-state index contributed by atoms with van der Waals surface area (Å²) < 4.78 is 41.0. The summed E-state index contributed by atoms with van der Waals surface area (Å²) in [6.45, 7) is 4.80. The van der Waals surface area contributed by atoms with Gasteiger partial charge in [-0.05, 0) is 38.5 Å². The smallest absolute Gasteiger partial charge is 0.422 e. The number of carbonyl (C=O) groups is 1. The van der Waals surface area contributed by atoms with Crippen LogP contribution in [-0.2, 0) is 11.3 Å². The normalized spacial score (nSPS) is 12.0. The van der Waals surface area contributed by atoms with Crippen molar-refractivity contribution in [3.8, 4) is 5.75 Å². The minimum atomic E-state index is -4.36. The van der Waals surface area contributed by atoms with Gasteiger partial charge in [-0.15, -0.1) is 24.0 Å². The number of carbonyl (C=O) groups excluding carboxylic acids is 1. The number of guanidine groups is 1. The van der Waals surface area contributed by atoms with E-state index in [0.717, 1.165) is 5.56 Å². The zero-order chi connectivity index (χ0) is 19.8. The molecule has 10 heteroatoms. The molecule has 1 aromatic carbocycles. The number of aliphatic imine (C=N–C) groups is 1. The zero-order valence-electron chi connectivity index (χ0n) is 15.7. The Bertz CT molecular complexity index is 614. The summed E-state index contributed by atoms with van der Waals surface area (Å²) >= 11 is 0. The van der Waals surface area contributed by atoms with Crippen LogP contribution in [0.5, 0.6) is 5.75 Å². The molecule has 1 rings (SSSR count). The predicted octanol–water partition coefficient (Wildman–Crippen LogP) is 2.83. The maximum atomic E-state index is 12.1. The van der Waals surface area contributed by atoms with Gasteiger partial charge in [0.05, 0.1) is 6.54 Å². The fourth-order valence-corrected chi connectivity index (χ4v) is 1.90. The van der Waals surface area contributed by atoms with Crippen LogP contribution in [0.25, 0.3) is 0 Å². The van der Waals surface area contributed by atoms with Crippen molar-refractivity contribution in [1.82, 2.24) is 16.0 Å². The van der Waals surface area contributed by atoms with E-state index in [0.29, 0.717) is 12.5 Å². The van der Waals surface area contributed by atoms with Crippen LogP contribution in [0.15, 0.2) is 29.3 Å². The molecular weight excluding hydrogens is 476 g/mol. The van der Waals surface area contributed by atoms with Crippen LogP contribution < -0.4 is 20.7 Å². The molecular formula is C17H26F3IN4O2. The van der Waals surface area contributed by atoms with Crippen molar-refractivity contribution in [3.63, 3.8) is 0 Å². The number of ether oxygens (including phenoxy) is 1. The molecule has 0 heterocycles. The van der Waals surface area contributed by atoms with Crippen molar-refractivity contribution in [3.05, 3.63) is 29.8 Å². The van der Waals surface area contributed by atoms with Crippen LogP contribution in [0.1, 0.15) is 26.3 Å². The highest BCUT2D eigenvalue weighted by molar-refractivity contribution is 14.0. The standard InChI is InChI=1S/C17H25F3N4O2.HI/c1-16(2,3)24-14(25)10-23-15(21-4)22-9-12-5-7-13(8-6-12)26-11-17(18,19)20;/h5-8H,9-11H2,1-4H3,(H,24,25)(H2,21,22,23);1H. The van der Waals surface area contributed by atoms with E-state index in [2.05, 4.69) is 25.7 Å².